The molecule has 2 aliphatic heterocycles. The molecule has 8 heteroatoms. The molecule has 0 radical (unpaired) electrons. The van der Waals surface area contributed by atoms with E-state index in [0.29, 0.717) is 37.2 Å². The third-order valence-corrected chi connectivity index (χ3v) is 8.23. The quantitative estimate of drug-likeness (QED) is 0.276. The number of hydrogen-bond donors (Lipinski definition) is 0. The van der Waals surface area contributed by atoms with Crippen LogP contribution in [0.25, 0.3) is 0 Å². The second kappa shape index (κ2) is 11.1. The zero-order valence-corrected chi connectivity index (χ0v) is 22.9. The van der Waals surface area contributed by atoms with Crippen molar-refractivity contribution in [3.63, 3.8) is 0 Å². The Kier molecular flexibility index (Phi) is 7.17. The van der Waals surface area contributed by atoms with Crippen molar-refractivity contribution < 1.29 is 18.7 Å². The van der Waals surface area contributed by atoms with Crippen molar-refractivity contribution in [3.8, 4) is 5.75 Å². The predicted molar refractivity (Wildman–Crippen MR) is 153 cm³/mol. The first kappa shape index (κ1) is 26.0. The molecule has 1 aromatic heterocycles. The summed E-state index contributed by atoms with van der Waals surface area (Å²) in [5, 5.41) is 8.08. The smallest absolute Gasteiger partial charge is 0.281 e. The highest BCUT2D eigenvalue weighted by atomic mass is 32.1. The van der Waals surface area contributed by atoms with Crippen molar-refractivity contribution in [2.24, 2.45) is 5.10 Å². The maximum atomic E-state index is 13.6. The summed E-state index contributed by atoms with van der Waals surface area (Å²) in [5.74, 6) is -0.139. The average molecular weight is 554 g/mol. The van der Waals surface area contributed by atoms with Crippen LogP contribution < -0.4 is 4.74 Å². The van der Waals surface area contributed by atoms with E-state index in [9.17, 15) is 14.0 Å². The van der Waals surface area contributed by atoms with Gasteiger partial charge in [0.2, 0.25) is 0 Å². The molecule has 0 saturated carbocycles. The van der Waals surface area contributed by atoms with Crippen molar-refractivity contribution in [1.29, 1.82) is 0 Å². The fraction of sp³-hybridized carbons (Fsp3) is 0.219. The number of ether oxygens (including phenoxy) is 1. The number of hydrazone groups is 1. The summed E-state index contributed by atoms with van der Waals surface area (Å²) < 4.78 is 19.6. The lowest BCUT2D eigenvalue weighted by molar-refractivity contribution is -0.135. The van der Waals surface area contributed by atoms with Crippen molar-refractivity contribution in [1.82, 2.24) is 9.91 Å². The van der Waals surface area contributed by atoms with E-state index in [1.54, 1.807) is 35.6 Å². The highest BCUT2D eigenvalue weighted by Crippen LogP contribution is 2.34. The Balaban J connectivity index is 1.18. The predicted octanol–water partition coefficient (Wildman–Crippen LogP) is 6.15. The fourth-order valence-corrected chi connectivity index (χ4v) is 6.06. The number of amides is 2. The Morgan fingerprint density at radius 1 is 1.07 bits per heavy atom. The van der Waals surface area contributed by atoms with E-state index in [1.165, 1.54) is 17.1 Å². The Morgan fingerprint density at radius 3 is 2.67 bits per heavy atom. The van der Waals surface area contributed by atoms with Gasteiger partial charge in [0.05, 0.1) is 16.6 Å². The first-order valence-electron chi connectivity index (χ1n) is 13.2. The van der Waals surface area contributed by atoms with E-state index >= 15 is 0 Å². The molecule has 202 valence electrons. The molecule has 0 unspecified atom stereocenters. The molecule has 3 heterocycles. The summed E-state index contributed by atoms with van der Waals surface area (Å²) in [6.45, 7) is 2.94. The lowest BCUT2D eigenvalue weighted by atomic mass is 9.97. The van der Waals surface area contributed by atoms with E-state index in [0.717, 1.165) is 32.8 Å². The Morgan fingerprint density at radius 2 is 1.90 bits per heavy atom. The zero-order chi connectivity index (χ0) is 27.6. The molecule has 6 nitrogen and oxygen atoms in total. The summed E-state index contributed by atoms with van der Waals surface area (Å²) in [4.78, 5) is 29.6. The van der Waals surface area contributed by atoms with Crippen LogP contribution in [0.4, 0.5) is 4.39 Å². The maximum absolute atomic E-state index is 13.6. The molecule has 0 saturated heterocycles. The number of rotatable bonds is 7. The third-order valence-electron chi connectivity index (χ3n) is 7.32. The number of hydrogen-bond acceptors (Lipinski definition) is 5. The summed E-state index contributed by atoms with van der Waals surface area (Å²) in [7, 11) is 0. The lowest BCUT2D eigenvalue weighted by Gasteiger charge is -2.30. The first-order chi connectivity index (χ1) is 19.5. The van der Waals surface area contributed by atoms with E-state index < -0.39 is 0 Å². The topological polar surface area (TPSA) is 62.2 Å². The molecule has 40 heavy (non-hydrogen) atoms. The SMILES string of the molecule is Cc1cccc(CN2CCc3c(OCC(=O)N4N=C(c5cccs5)C[C@@H]4c4ccc(F)cc4)cccc3C2=O)c1. The third kappa shape index (κ3) is 5.27. The number of carbonyl (C=O) groups excluding carboxylic acids is 2. The minimum atomic E-state index is -0.352. The first-order valence-corrected chi connectivity index (χ1v) is 14.1. The minimum absolute atomic E-state index is 0.0411. The average Bonchev–Trinajstić information content (AvgIpc) is 3.65. The van der Waals surface area contributed by atoms with Crippen LogP contribution in [0.5, 0.6) is 5.75 Å². The number of nitrogens with zero attached hydrogens (tertiary/aromatic N) is 3. The standard InChI is InChI=1S/C32H28FN3O3S/c1-21-5-2-6-22(17-21)19-35-15-14-25-26(32(35)38)7-3-8-29(25)39-20-31(37)36-28(23-10-12-24(33)13-11-23)18-27(34-36)30-9-4-16-40-30/h2-13,16-17,28H,14-15,18-20H2,1H3/t28-/m1/s1. The number of carbonyl (C=O) groups is 2. The largest absolute Gasteiger partial charge is 0.483 e. The van der Waals surface area contributed by atoms with Gasteiger partial charge >= 0.3 is 0 Å². The number of benzene rings is 3. The second-order valence-corrected chi connectivity index (χ2v) is 11.0. The molecule has 0 bridgehead atoms. The molecule has 0 N–H and O–H groups in total. The van der Waals surface area contributed by atoms with Gasteiger partial charge in [-0.3, -0.25) is 9.59 Å². The molecule has 2 aliphatic rings. The zero-order valence-electron chi connectivity index (χ0n) is 22.0. The van der Waals surface area contributed by atoms with Gasteiger partial charge in [-0.25, -0.2) is 9.40 Å². The number of thiophene rings is 1. The van der Waals surface area contributed by atoms with Crippen LogP contribution in [0.1, 0.15) is 50.0 Å². The Hall–Kier alpha value is -4.30. The Bertz CT molecular complexity index is 1580. The van der Waals surface area contributed by atoms with Crippen molar-refractivity contribution in [2.45, 2.75) is 32.4 Å². The molecule has 1 atom stereocenters. The van der Waals surface area contributed by atoms with Gasteiger partial charge in [0.1, 0.15) is 11.6 Å². The van der Waals surface area contributed by atoms with Crippen molar-refractivity contribution in [3.05, 3.63) is 123 Å². The number of aryl methyl sites for hydroxylation is 1. The highest BCUT2D eigenvalue weighted by Gasteiger charge is 2.34. The molecule has 0 spiro atoms. The molecule has 6 rings (SSSR count). The van der Waals surface area contributed by atoms with Crippen LogP contribution in [0.3, 0.4) is 0 Å². The fourth-order valence-electron chi connectivity index (χ4n) is 5.34. The van der Waals surface area contributed by atoms with E-state index in [4.69, 9.17) is 4.74 Å². The maximum Gasteiger partial charge on any atom is 0.281 e. The monoisotopic (exact) mass is 553 g/mol. The lowest BCUT2D eigenvalue weighted by Crippen LogP contribution is -2.37. The van der Waals surface area contributed by atoms with Gasteiger partial charge in [-0.2, -0.15) is 5.10 Å². The van der Waals surface area contributed by atoms with Gasteiger partial charge in [-0.15, -0.1) is 11.3 Å². The molecule has 3 aromatic carbocycles. The molecule has 0 fully saturated rings. The molecular weight excluding hydrogens is 525 g/mol. The summed E-state index contributed by atoms with van der Waals surface area (Å²) >= 11 is 1.56. The van der Waals surface area contributed by atoms with Gasteiger partial charge in [-0.05, 0) is 60.2 Å². The van der Waals surface area contributed by atoms with Crippen molar-refractivity contribution >= 4 is 28.9 Å². The van der Waals surface area contributed by atoms with Crippen LogP contribution in [0.2, 0.25) is 0 Å². The van der Waals surface area contributed by atoms with Gasteiger partial charge in [0.25, 0.3) is 11.8 Å². The van der Waals surface area contributed by atoms with Crippen LogP contribution in [-0.2, 0) is 17.8 Å². The normalized spacial score (nSPS) is 16.6. The second-order valence-electron chi connectivity index (χ2n) is 10.1. The van der Waals surface area contributed by atoms with E-state index in [1.807, 2.05) is 53.6 Å². The van der Waals surface area contributed by atoms with Gasteiger partial charge in [0.15, 0.2) is 6.61 Å². The van der Waals surface area contributed by atoms with Gasteiger partial charge in [0, 0.05) is 30.6 Å². The van der Waals surface area contributed by atoms with Crippen LogP contribution in [0, 0.1) is 12.7 Å². The van der Waals surface area contributed by atoms with Gasteiger partial charge in [-0.1, -0.05) is 54.1 Å². The Labute approximate surface area is 236 Å². The van der Waals surface area contributed by atoms with Crippen LogP contribution in [0.15, 0.2) is 89.3 Å². The minimum Gasteiger partial charge on any atom is -0.483 e. The highest BCUT2D eigenvalue weighted by molar-refractivity contribution is 7.12. The molecule has 2 amide bonds. The summed E-state index contributed by atoms with van der Waals surface area (Å²) in [6.07, 6.45) is 1.17. The molecule has 4 aromatic rings. The molecular formula is C32H28FN3O3S. The number of fused-ring (bicyclic) bond motifs is 1. The van der Waals surface area contributed by atoms with Crippen LogP contribution >= 0.6 is 11.3 Å². The summed E-state index contributed by atoms with van der Waals surface area (Å²) in [6, 6.07) is 23.3. The van der Waals surface area contributed by atoms with E-state index in [2.05, 4.69) is 11.2 Å². The number of halogens is 1. The van der Waals surface area contributed by atoms with Crippen molar-refractivity contribution in [2.75, 3.05) is 13.2 Å². The van der Waals surface area contributed by atoms with Crippen LogP contribution in [-0.4, -0.2) is 40.6 Å². The van der Waals surface area contributed by atoms with E-state index in [-0.39, 0.29) is 30.3 Å². The van der Waals surface area contributed by atoms with Gasteiger partial charge < -0.3 is 9.64 Å². The molecule has 0 aliphatic carbocycles. The summed E-state index contributed by atoms with van der Waals surface area (Å²) in [5.41, 5.74) is 5.30.